The van der Waals surface area contributed by atoms with Crippen LogP contribution >= 0.6 is 0 Å². The highest BCUT2D eigenvalue weighted by Gasteiger charge is 2.17. The Balaban J connectivity index is 2.66. The van der Waals surface area contributed by atoms with Gasteiger partial charge in [-0.2, -0.15) is 4.98 Å². The molecule has 0 amide bonds. The van der Waals surface area contributed by atoms with Gasteiger partial charge in [0.15, 0.2) is 11.6 Å². The average Bonchev–Trinajstić information content (AvgIpc) is 2.29. The number of nitrogens with zero attached hydrogens (tertiary/aromatic N) is 2. The van der Waals surface area contributed by atoms with Crippen LogP contribution in [0.1, 0.15) is 6.92 Å². The van der Waals surface area contributed by atoms with Crippen molar-refractivity contribution in [2.75, 3.05) is 23.7 Å². The molecule has 0 bridgehead atoms. The largest absolute Gasteiger partial charge is 0.385 e. The molecule has 0 aliphatic carbocycles. The summed E-state index contributed by atoms with van der Waals surface area (Å²) in [6.45, 7) is 1.86. The third-order valence-corrected chi connectivity index (χ3v) is 1.85. The van der Waals surface area contributed by atoms with E-state index in [2.05, 4.69) is 20.6 Å². The molecule has 3 N–H and O–H groups in total. The summed E-state index contributed by atoms with van der Waals surface area (Å²) in [7, 11) is 0. The monoisotopic (exact) mass is 250 g/mol. The van der Waals surface area contributed by atoms with Crippen LogP contribution in [0.25, 0.3) is 0 Å². The minimum Gasteiger partial charge on any atom is -0.385 e. The molecular weight excluding hydrogens is 237 g/mol. The zero-order valence-corrected chi connectivity index (χ0v) is 9.12. The first-order valence-corrected chi connectivity index (χ1v) is 5.01. The van der Waals surface area contributed by atoms with Crippen LogP contribution in [0.15, 0.2) is 6.20 Å². The van der Waals surface area contributed by atoms with E-state index in [9.17, 15) is 13.2 Å². The van der Waals surface area contributed by atoms with E-state index >= 15 is 0 Å². The normalized spacial score (nSPS) is 12.6. The van der Waals surface area contributed by atoms with Crippen LogP contribution in [0.5, 0.6) is 0 Å². The van der Waals surface area contributed by atoms with Crippen molar-refractivity contribution in [1.82, 2.24) is 9.97 Å². The number of alkyl halides is 2. The van der Waals surface area contributed by atoms with Crippen molar-refractivity contribution in [2.24, 2.45) is 0 Å². The summed E-state index contributed by atoms with van der Waals surface area (Å²) in [6.07, 6.45) is -3.84. The number of hydrogen-bond acceptors (Lipinski definition) is 5. The van der Waals surface area contributed by atoms with E-state index in [-0.39, 0.29) is 11.8 Å². The third-order valence-electron chi connectivity index (χ3n) is 1.85. The van der Waals surface area contributed by atoms with E-state index < -0.39 is 24.9 Å². The van der Waals surface area contributed by atoms with Crippen molar-refractivity contribution in [3.05, 3.63) is 12.0 Å². The molecular formula is C9H13F3N4O. The molecule has 1 atom stereocenters. The fraction of sp³-hybridized carbons (Fsp3) is 0.556. The smallest absolute Gasteiger partial charge is 0.265 e. The number of halogens is 3. The van der Waals surface area contributed by atoms with Crippen LogP contribution in [0.3, 0.4) is 0 Å². The van der Waals surface area contributed by atoms with Gasteiger partial charge in [0, 0.05) is 13.1 Å². The summed E-state index contributed by atoms with van der Waals surface area (Å²) < 4.78 is 37.2. The lowest BCUT2D eigenvalue weighted by Gasteiger charge is -2.12. The highest BCUT2D eigenvalue weighted by Crippen LogP contribution is 2.12. The van der Waals surface area contributed by atoms with E-state index in [1.807, 2.05) is 0 Å². The molecule has 1 unspecified atom stereocenters. The second kappa shape index (κ2) is 6.24. The summed E-state index contributed by atoms with van der Waals surface area (Å²) in [5, 5.41) is 13.9. The van der Waals surface area contributed by atoms with Crippen molar-refractivity contribution in [2.45, 2.75) is 19.5 Å². The SMILES string of the molecule is CCNc1ncc(F)c(NCC(O)C(F)F)n1. The Kier molecular flexibility index (Phi) is 4.95. The first kappa shape index (κ1) is 13.5. The van der Waals surface area contributed by atoms with Crippen molar-refractivity contribution in [3.63, 3.8) is 0 Å². The molecule has 1 aromatic rings. The van der Waals surface area contributed by atoms with Gasteiger partial charge in [-0.05, 0) is 6.92 Å². The molecule has 0 saturated heterocycles. The fourth-order valence-corrected chi connectivity index (χ4v) is 1.02. The molecule has 0 radical (unpaired) electrons. The predicted molar refractivity (Wildman–Crippen MR) is 56.7 cm³/mol. The second-order valence-electron chi connectivity index (χ2n) is 3.20. The lowest BCUT2D eigenvalue weighted by molar-refractivity contribution is 0.00377. The summed E-state index contributed by atoms with van der Waals surface area (Å²) in [6, 6.07) is 0. The van der Waals surface area contributed by atoms with Crippen LogP contribution in [0.4, 0.5) is 24.9 Å². The van der Waals surface area contributed by atoms with Crippen LogP contribution in [-0.4, -0.2) is 40.7 Å². The minimum absolute atomic E-state index is 0.183. The molecule has 0 aliphatic rings. The second-order valence-corrected chi connectivity index (χ2v) is 3.20. The van der Waals surface area contributed by atoms with E-state index in [1.54, 1.807) is 6.92 Å². The van der Waals surface area contributed by atoms with Gasteiger partial charge in [-0.25, -0.2) is 18.2 Å². The van der Waals surface area contributed by atoms with Gasteiger partial charge in [0.1, 0.15) is 6.10 Å². The Hall–Kier alpha value is -1.57. The van der Waals surface area contributed by atoms with Crippen LogP contribution in [0, 0.1) is 5.82 Å². The third kappa shape index (κ3) is 4.06. The Bertz CT molecular complexity index is 364. The maximum Gasteiger partial charge on any atom is 0.265 e. The molecule has 96 valence electrons. The van der Waals surface area contributed by atoms with Gasteiger partial charge in [0.25, 0.3) is 6.43 Å². The summed E-state index contributed by atoms with van der Waals surface area (Å²) in [5.74, 6) is -0.813. The molecule has 8 heteroatoms. The molecule has 0 aliphatic heterocycles. The van der Waals surface area contributed by atoms with Gasteiger partial charge in [0.05, 0.1) is 6.20 Å². The molecule has 0 aromatic carbocycles. The lowest BCUT2D eigenvalue weighted by atomic mass is 10.3. The van der Waals surface area contributed by atoms with Gasteiger partial charge < -0.3 is 15.7 Å². The number of rotatable bonds is 6. The number of anilines is 2. The van der Waals surface area contributed by atoms with Crippen molar-refractivity contribution in [1.29, 1.82) is 0 Å². The number of aliphatic hydroxyl groups excluding tert-OH is 1. The van der Waals surface area contributed by atoms with Crippen LogP contribution in [0.2, 0.25) is 0 Å². The Morgan fingerprint density at radius 1 is 1.41 bits per heavy atom. The van der Waals surface area contributed by atoms with Gasteiger partial charge in [-0.15, -0.1) is 0 Å². The van der Waals surface area contributed by atoms with Crippen molar-refractivity contribution >= 4 is 11.8 Å². The average molecular weight is 250 g/mol. The Labute approximate surface area is 96.1 Å². The Morgan fingerprint density at radius 2 is 2.12 bits per heavy atom. The molecule has 17 heavy (non-hydrogen) atoms. The maximum absolute atomic E-state index is 13.2. The van der Waals surface area contributed by atoms with E-state index in [0.717, 1.165) is 6.20 Å². The zero-order valence-electron chi connectivity index (χ0n) is 9.12. The van der Waals surface area contributed by atoms with E-state index in [1.165, 1.54) is 0 Å². The molecule has 1 heterocycles. The van der Waals surface area contributed by atoms with Crippen LogP contribution in [-0.2, 0) is 0 Å². The van der Waals surface area contributed by atoms with E-state index in [0.29, 0.717) is 6.54 Å². The molecule has 0 spiro atoms. The van der Waals surface area contributed by atoms with Gasteiger partial charge in [0.2, 0.25) is 5.95 Å². The fourth-order valence-electron chi connectivity index (χ4n) is 1.02. The molecule has 0 saturated carbocycles. The van der Waals surface area contributed by atoms with Crippen molar-refractivity contribution < 1.29 is 18.3 Å². The van der Waals surface area contributed by atoms with E-state index in [4.69, 9.17) is 5.11 Å². The maximum atomic E-state index is 13.2. The quantitative estimate of drug-likeness (QED) is 0.705. The highest BCUT2D eigenvalue weighted by atomic mass is 19.3. The number of aromatic nitrogens is 2. The lowest BCUT2D eigenvalue weighted by Crippen LogP contribution is -2.27. The first-order valence-electron chi connectivity index (χ1n) is 5.01. The summed E-state index contributed by atoms with van der Waals surface area (Å²) in [5.41, 5.74) is 0. The first-order chi connectivity index (χ1) is 8.04. The molecule has 1 aromatic heterocycles. The number of nitrogens with one attached hydrogen (secondary N) is 2. The van der Waals surface area contributed by atoms with Gasteiger partial charge in [-0.3, -0.25) is 0 Å². The molecule has 0 fully saturated rings. The molecule has 1 rings (SSSR count). The topological polar surface area (TPSA) is 70.1 Å². The summed E-state index contributed by atoms with van der Waals surface area (Å²) >= 11 is 0. The van der Waals surface area contributed by atoms with Gasteiger partial charge >= 0.3 is 0 Å². The molecule has 5 nitrogen and oxygen atoms in total. The van der Waals surface area contributed by atoms with Crippen LogP contribution < -0.4 is 10.6 Å². The Morgan fingerprint density at radius 3 is 2.71 bits per heavy atom. The highest BCUT2D eigenvalue weighted by molar-refractivity contribution is 5.41. The number of hydrogen-bond donors (Lipinski definition) is 3. The standard InChI is InChI=1S/C9H13F3N4O/c1-2-13-9-15-3-5(10)8(16-9)14-4-6(17)7(11)12/h3,6-7,17H,2,4H2,1H3,(H2,13,14,15,16). The number of aliphatic hydroxyl groups is 1. The predicted octanol–water partition coefficient (Wildman–Crippen LogP) is 1.09. The minimum atomic E-state index is -2.89. The zero-order chi connectivity index (χ0) is 12.8. The summed E-state index contributed by atoms with van der Waals surface area (Å²) in [4.78, 5) is 7.37. The van der Waals surface area contributed by atoms with Crippen molar-refractivity contribution in [3.8, 4) is 0 Å². The van der Waals surface area contributed by atoms with Gasteiger partial charge in [-0.1, -0.05) is 0 Å².